The molecule has 0 aliphatic carbocycles. The fourth-order valence-electron chi connectivity index (χ4n) is 3.97. The van der Waals surface area contributed by atoms with Crippen LogP contribution in [-0.2, 0) is 9.47 Å². The molecule has 0 radical (unpaired) electrons. The van der Waals surface area contributed by atoms with Crippen LogP contribution >= 0.6 is 0 Å². The molecule has 0 bridgehead atoms. The molecule has 5 heteroatoms. The maximum absolute atomic E-state index is 10.0. The van der Waals surface area contributed by atoms with Crippen LogP contribution in [-0.4, -0.2) is 59.6 Å². The van der Waals surface area contributed by atoms with E-state index in [4.69, 9.17) is 9.47 Å². The topological polar surface area (TPSA) is 79.2 Å². The standard InChI is InChI=1S/C25H48O5/c1-2-3-4-5-6-7-8-9-10-11-12-13-14-15-16-17-18-19-29-25-23(20-26)30-21-22(27)24(25)28/h4-5,22-28H,2-3,6-21H2,1H3/b5-4+/t22-,23+,24+,25+/m1/s1. The Morgan fingerprint density at radius 2 is 1.33 bits per heavy atom. The third-order valence-electron chi connectivity index (χ3n) is 5.96. The molecule has 0 unspecified atom stereocenters. The van der Waals surface area contributed by atoms with Crippen LogP contribution in [0, 0.1) is 0 Å². The normalized spacial score (nSPS) is 24.7. The molecule has 1 fully saturated rings. The Hall–Kier alpha value is -0.460. The van der Waals surface area contributed by atoms with E-state index in [0.717, 1.165) is 12.8 Å². The van der Waals surface area contributed by atoms with Crippen molar-refractivity contribution in [3.8, 4) is 0 Å². The summed E-state index contributed by atoms with van der Waals surface area (Å²) in [4.78, 5) is 0. The summed E-state index contributed by atoms with van der Waals surface area (Å²) in [6, 6.07) is 0. The third kappa shape index (κ3) is 13.1. The fraction of sp³-hybridized carbons (Fsp3) is 0.920. The van der Waals surface area contributed by atoms with Crippen LogP contribution in [0.5, 0.6) is 0 Å². The zero-order chi connectivity index (χ0) is 21.9. The van der Waals surface area contributed by atoms with Crippen LogP contribution in [0.4, 0.5) is 0 Å². The molecule has 1 aliphatic heterocycles. The Morgan fingerprint density at radius 1 is 0.800 bits per heavy atom. The van der Waals surface area contributed by atoms with E-state index in [9.17, 15) is 15.3 Å². The number of hydrogen-bond donors (Lipinski definition) is 3. The van der Waals surface area contributed by atoms with E-state index in [2.05, 4.69) is 19.1 Å². The monoisotopic (exact) mass is 428 g/mol. The molecular formula is C25H48O5. The van der Waals surface area contributed by atoms with Crippen LogP contribution in [0.3, 0.4) is 0 Å². The molecule has 3 N–H and O–H groups in total. The van der Waals surface area contributed by atoms with Gasteiger partial charge in [0.25, 0.3) is 0 Å². The summed E-state index contributed by atoms with van der Waals surface area (Å²) in [5, 5.41) is 29.0. The molecular weight excluding hydrogens is 380 g/mol. The van der Waals surface area contributed by atoms with Crippen LogP contribution < -0.4 is 0 Å². The maximum Gasteiger partial charge on any atom is 0.114 e. The van der Waals surface area contributed by atoms with Gasteiger partial charge in [-0.3, -0.25) is 0 Å². The van der Waals surface area contributed by atoms with Gasteiger partial charge in [0.1, 0.15) is 24.4 Å². The summed E-state index contributed by atoms with van der Waals surface area (Å²) < 4.78 is 11.0. The molecule has 1 heterocycles. The SMILES string of the molecule is CCC/C=C/CCCCCCCCCCCCCCO[C@@H]1[C@@H](O)[C@H](O)CO[C@H]1CO. The Morgan fingerprint density at radius 3 is 1.90 bits per heavy atom. The van der Waals surface area contributed by atoms with Gasteiger partial charge in [0.15, 0.2) is 0 Å². The van der Waals surface area contributed by atoms with Gasteiger partial charge in [0.2, 0.25) is 0 Å². The number of hydrogen-bond acceptors (Lipinski definition) is 5. The minimum absolute atomic E-state index is 0.0446. The quantitative estimate of drug-likeness (QED) is 0.201. The number of aliphatic hydroxyl groups excluding tert-OH is 3. The van der Waals surface area contributed by atoms with E-state index in [1.54, 1.807) is 0 Å². The highest BCUT2D eigenvalue weighted by molar-refractivity contribution is 4.87. The Bertz CT molecular complexity index is 399. The Balaban J connectivity index is 1.83. The van der Waals surface area contributed by atoms with Gasteiger partial charge >= 0.3 is 0 Å². The average molecular weight is 429 g/mol. The van der Waals surface area contributed by atoms with Crippen molar-refractivity contribution >= 4 is 0 Å². The summed E-state index contributed by atoms with van der Waals surface area (Å²) in [6.07, 6.45) is 20.7. The Kier molecular flexibility index (Phi) is 17.7. The molecule has 4 atom stereocenters. The van der Waals surface area contributed by atoms with Crippen LogP contribution in [0.25, 0.3) is 0 Å². The summed E-state index contributed by atoms with van der Waals surface area (Å²) in [5.74, 6) is 0. The Labute approximate surface area is 184 Å². The summed E-state index contributed by atoms with van der Waals surface area (Å²) >= 11 is 0. The summed E-state index contributed by atoms with van der Waals surface area (Å²) in [6.45, 7) is 2.60. The van der Waals surface area contributed by atoms with Crippen molar-refractivity contribution in [2.75, 3.05) is 19.8 Å². The van der Waals surface area contributed by atoms with Gasteiger partial charge in [-0.05, 0) is 25.7 Å². The van der Waals surface area contributed by atoms with E-state index >= 15 is 0 Å². The molecule has 0 spiro atoms. The molecule has 1 saturated heterocycles. The molecule has 5 nitrogen and oxygen atoms in total. The van der Waals surface area contributed by atoms with Crippen LogP contribution in [0.1, 0.15) is 103 Å². The lowest BCUT2D eigenvalue weighted by Gasteiger charge is -2.37. The highest BCUT2D eigenvalue weighted by Crippen LogP contribution is 2.19. The highest BCUT2D eigenvalue weighted by atomic mass is 16.6. The van der Waals surface area contributed by atoms with E-state index in [1.807, 2.05) is 0 Å². The second-order valence-corrected chi connectivity index (χ2v) is 8.74. The predicted molar refractivity (Wildman–Crippen MR) is 123 cm³/mol. The molecule has 0 saturated carbocycles. The van der Waals surface area contributed by atoms with E-state index in [-0.39, 0.29) is 13.2 Å². The van der Waals surface area contributed by atoms with Gasteiger partial charge in [0, 0.05) is 6.61 Å². The smallest absolute Gasteiger partial charge is 0.114 e. The molecule has 0 aromatic carbocycles. The molecule has 0 aromatic heterocycles. The van der Waals surface area contributed by atoms with Crippen molar-refractivity contribution in [1.82, 2.24) is 0 Å². The molecule has 178 valence electrons. The summed E-state index contributed by atoms with van der Waals surface area (Å²) in [5.41, 5.74) is 0. The van der Waals surface area contributed by atoms with Crippen LogP contribution in [0.15, 0.2) is 12.2 Å². The largest absolute Gasteiger partial charge is 0.394 e. The first-order valence-corrected chi connectivity index (χ1v) is 12.6. The van der Waals surface area contributed by atoms with Crippen molar-refractivity contribution in [3.05, 3.63) is 12.2 Å². The lowest BCUT2D eigenvalue weighted by molar-refractivity contribution is -0.211. The third-order valence-corrected chi connectivity index (χ3v) is 5.96. The van der Waals surface area contributed by atoms with E-state index < -0.39 is 24.4 Å². The van der Waals surface area contributed by atoms with Gasteiger partial charge in [-0.1, -0.05) is 89.7 Å². The van der Waals surface area contributed by atoms with Crippen molar-refractivity contribution < 1.29 is 24.8 Å². The van der Waals surface area contributed by atoms with Gasteiger partial charge in [0.05, 0.1) is 13.2 Å². The molecule has 0 amide bonds. The van der Waals surface area contributed by atoms with E-state index in [0.29, 0.717) is 6.61 Å². The maximum atomic E-state index is 10.0. The number of allylic oxidation sites excluding steroid dienone is 2. The van der Waals surface area contributed by atoms with Crippen LogP contribution in [0.2, 0.25) is 0 Å². The predicted octanol–water partition coefficient (Wildman–Crippen LogP) is 4.91. The van der Waals surface area contributed by atoms with Crippen molar-refractivity contribution in [3.63, 3.8) is 0 Å². The van der Waals surface area contributed by atoms with Crippen molar-refractivity contribution in [2.24, 2.45) is 0 Å². The number of unbranched alkanes of at least 4 members (excludes halogenated alkanes) is 13. The van der Waals surface area contributed by atoms with Crippen molar-refractivity contribution in [2.45, 2.75) is 128 Å². The fourth-order valence-corrected chi connectivity index (χ4v) is 3.97. The second kappa shape index (κ2) is 19.2. The second-order valence-electron chi connectivity index (χ2n) is 8.74. The molecule has 30 heavy (non-hydrogen) atoms. The highest BCUT2D eigenvalue weighted by Gasteiger charge is 2.39. The first-order chi connectivity index (χ1) is 14.7. The minimum Gasteiger partial charge on any atom is -0.394 e. The number of ether oxygens (including phenoxy) is 2. The van der Waals surface area contributed by atoms with Gasteiger partial charge in [-0.2, -0.15) is 0 Å². The molecule has 1 aliphatic rings. The minimum atomic E-state index is -0.987. The molecule has 1 rings (SSSR count). The lowest BCUT2D eigenvalue weighted by Crippen LogP contribution is -2.55. The van der Waals surface area contributed by atoms with Gasteiger partial charge in [-0.15, -0.1) is 0 Å². The molecule has 0 aromatic rings. The number of rotatable bonds is 19. The lowest BCUT2D eigenvalue weighted by atomic mass is 10.0. The van der Waals surface area contributed by atoms with Gasteiger partial charge < -0.3 is 24.8 Å². The van der Waals surface area contributed by atoms with Crippen molar-refractivity contribution in [1.29, 1.82) is 0 Å². The van der Waals surface area contributed by atoms with E-state index in [1.165, 1.54) is 83.5 Å². The first-order valence-electron chi connectivity index (χ1n) is 12.6. The number of aliphatic hydroxyl groups is 3. The first kappa shape index (κ1) is 27.6. The van der Waals surface area contributed by atoms with Gasteiger partial charge in [-0.25, -0.2) is 0 Å². The zero-order valence-electron chi connectivity index (χ0n) is 19.4. The summed E-state index contributed by atoms with van der Waals surface area (Å²) in [7, 11) is 0. The zero-order valence-corrected chi connectivity index (χ0v) is 19.4. The average Bonchev–Trinajstić information content (AvgIpc) is 2.75.